The van der Waals surface area contributed by atoms with Crippen LogP contribution in [-0.4, -0.2) is 0 Å². The number of nitrogens with two attached hydrogens (primary N) is 1. The normalized spacial score (nSPS) is 12.5. The number of aryl methyl sites for hydroxylation is 1. The number of rotatable bonds is 3. The van der Waals surface area contributed by atoms with Crippen molar-refractivity contribution in [1.82, 2.24) is 0 Å². The van der Waals surface area contributed by atoms with Crippen molar-refractivity contribution < 1.29 is 0 Å². The Morgan fingerprint density at radius 3 is 2.58 bits per heavy atom. The molecule has 1 unspecified atom stereocenters. The highest BCUT2D eigenvalue weighted by molar-refractivity contribution is 9.10. The number of halogens is 3. The fraction of sp³-hybridized carbons (Fsp3) is 0.200. The predicted octanol–water partition coefficient (Wildman–Crippen LogP) is 5.31. The maximum atomic E-state index is 6.29. The average molecular weight is 359 g/mol. The van der Waals surface area contributed by atoms with Crippen molar-refractivity contribution in [1.29, 1.82) is 0 Å². The second kappa shape index (κ2) is 6.27. The summed E-state index contributed by atoms with van der Waals surface area (Å²) >= 11 is 15.6. The highest BCUT2D eigenvalue weighted by atomic mass is 79.9. The zero-order valence-electron chi connectivity index (χ0n) is 10.5. The van der Waals surface area contributed by atoms with E-state index in [1.807, 2.05) is 18.2 Å². The van der Waals surface area contributed by atoms with Crippen molar-refractivity contribution in [3.63, 3.8) is 0 Å². The third-order valence-corrected chi connectivity index (χ3v) is 4.18. The van der Waals surface area contributed by atoms with Gasteiger partial charge in [-0.1, -0.05) is 51.3 Å². The van der Waals surface area contributed by atoms with E-state index in [1.54, 1.807) is 6.07 Å². The molecule has 2 aromatic carbocycles. The van der Waals surface area contributed by atoms with Gasteiger partial charge in [0.05, 0.1) is 0 Å². The summed E-state index contributed by atoms with van der Waals surface area (Å²) in [6.07, 6.45) is 0.688. The average Bonchev–Trinajstić information content (AvgIpc) is 2.35. The molecule has 1 nitrogen and oxygen atoms in total. The summed E-state index contributed by atoms with van der Waals surface area (Å²) < 4.78 is 1.03. The lowest BCUT2D eigenvalue weighted by Crippen LogP contribution is -2.15. The molecule has 100 valence electrons. The lowest BCUT2D eigenvalue weighted by molar-refractivity contribution is 0.716. The Morgan fingerprint density at radius 1 is 1.16 bits per heavy atom. The van der Waals surface area contributed by atoms with Crippen LogP contribution in [0.25, 0.3) is 0 Å². The quantitative estimate of drug-likeness (QED) is 0.790. The number of hydrogen-bond donors (Lipinski definition) is 1. The van der Waals surface area contributed by atoms with Gasteiger partial charge >= 0.3 is 0 Å². The molecular weight excluding hydrogens is 345 g/mol. The second-order valence-corrected chi connectivity index (χ2v) is 6.31. The summed E-state index contributed by atoms with van der Waals surface area (Å²) in [4.78, 5) is 0. The van der Waals surface area contributed by atoms with Crippen LogP contribution in [-0.2, 0) is 6.42 Å². The van der Waals surface area contributed by atoms with Crippen LogP contribution in [0, 0.1) is 6.92 Å². The molecule has 0 saturated carbocycles. The lowest BCUT2D eigenvalue weighted by atomic mass is 9.96. The van der Waals surface area contributed by atoms with Crippen molar-refractivity contribution >= 4 is 39.1 Å². The Kier molecular flexibility index (Phi) is 4.91. The third kappa shape index (κ3) is 3.73. The summed E-state index contributed by atoms with van der Waals surface area (Å²) in [6.45, 7) is 2.06. The molecule has 0 aliphatic heterocycles. The Hall–Kier alpha value is -0.540. The molecule has 0 radical (unpaired) electrons. The topological polar surface area (TPSA) is 26.0 Å². The lowest BCUT2D eigenvalue weighted by Gasteiger charge is -2.16. The first-order valence-corrected chi connectivity index (χ1v) is 7.48. The van der Waals surface area contributed by atoms with E-state index in [4.69, 9.17) is 28.9 Å². The Morgan fingerprint density at radius 2 is 1.89 bits per heavy atom. The van der Waals surface area contributed by atoms with Crippen LogP contribution in [0.5, 0.6) is 0 Å². The first kappa shape index (κ1) is 14.9. The van der Waals surface area contributed by atoms with Gasteiger partial charge in [0, 0.05) is 20.6 Å². The number of hydrogen-bond acceptors (Lipinski definition) is 1. The van der Waals surface area contributed by atoms with Gasteiger partial charge in [0.25, 0.3) is 0 Å². The minimum atomic E-state index is -0.0869. The predicted molar refractivity (Wildman–Crippen MR) is 86.0 cm³/mol. The first-order valence-electron chi connectivity index (χ1n) is 5.93. The molecule has 0 aliphatic carbocycles. The van der Waals surface area contributed by atoms with E-state index in [-0.39, 0.29) is 6.04 Å². The molecule has 1 atom stereocenters. The standard InChI is InChI=1S/C15H14BrCl2N/c1-9-2-4-11(16)7-13(9)15(19)6-10-3-5-12(17)8-14(10)18/h2-5,7-8,15H,6,19H2,1H3. The fourth-order valence-corrected chi connectivity index (χ4v) is 2.91. The monoisotopic (exact) mass is 357 g/mol. The van der Waals surface area contributed by atoms with Crippen molar-refractivity contribution in [3.05, 3.63) is 67.6 Å². The Balaban J connectivity index is 2.25. The zero-order chi connectivity index (χ0) is 14.0. The minimum Gasteiger partial charge on any atom is -0.324 e. The molecule has 0 aromatic heterocycles. The van der Waals surface area contributed by atoms with Crippen molar-refractivity contribution in [2.45, 2.75) is 19.4 Å². The SMILES string of the molecule is Cc1ccc(Br)cc1C(N)Cc1ccc(Cl)cc1Cl. The molecule has 0 saturated heterocycles. The molecule has 2 rings (SSSR count). The van der Waals surface area contributed by atoms with Gasteiger partial charge in [-0.25, -0.2) is 0 Å². The van der Waals surface area contributed by atoms with Crippen LogP contribution in [0.15, 0.2) is 40.9 Å². The van der Waals surface area contributed by atoms with E-state index in [1.165, 1.54) is 5.56 Å². The van der Waals surface area contributed by atoms with Crippen molar-refractivity contribution in [2.24, 2.45) is 5.73 Å². The molecule has 19 heavy (non-hydrogen) atoms. The van der Waals surface area contributed by atoms with E-state index >= 15 is 0 Å². The molecular formula is C15H14BrCl2N. The van der Waals surface area contributed by atoms with Crippen LogP contribution in [0.1, 0.15) is 22.7 Å². The molecule has 0 aliphatic rings. The van der Waals surface area contributed by atoms with Gasteiger partial charge < -0.3 is 5.73 Å². The summed E-state index contributed by atoms with van der Waals surface area (Å²) in [6, 6.07) is 11.6. The largest absolute Gasteiger partial charge is 0.324 e. The zero-order valence-corrected chi connectivity index (χ0v) is 13.6. The molecule has 0 bridgehead atoms. The molecule has 2 aromatic rings. The van der Waals surface area contributed by atoms with E-state index in [2.05, 4.69) is 35.0 Å². The third-order valence-electron chi connectivity index (χ3n) is 3.10. The molecule has 0 amide bonds. The summed E-state index contributed by atoms with van der Waals surface area (Å²) in [5.41, 5.74) is 9.61. The summed E-state index contributed by atoms with van der Waals surface area (Å²) in [7, 11) is 0. The first-order chi connectivity index (χ1) is 8.97. The van der Waals surface area contributed by atoms with Gasteiger partial charge in [-0.05, 0) is 54.3 Å². The Labute approximate surface area is 131 Å². The Bertz CT molecular complexity index is 599. The molecule has 0 heterocycles. The van der Waals surface area contributed by atoms with Crippen molar-refractivity contribution in [2.75, 3.05) is 0 Å². The maximum Gasteiger partial charge on any atom is 0.0453 e. The van der Waals surface area contributed by atoms with E-state index in [0.717, 1.165) is 15.6 Å². The van der Waals surface area contributed by atoms with Gasteiger partial charge in [0.15, 0.2) is 0 Å². The summed E-state index contributed by atoms with van der Waals surface area (Å²) in [5.74, 6) is 0. The van der Waals surface area contributed by atoms with E-state index in [9.17, 15) is 0 Å². The molecule has 2 N–H and O–H groups in total. The highest BCUT2D eigenvalue weighted by Crippen LogP contribution is 2.27. The van der Waals surface area contributed by atoms with E-state index < -0.39 is 0 Å². The highest BCUT2D eigenvalue weighted by Gasteiger charge is 2.12. The smallest absolute Gasteiger partial charge is 0.0453 e. The van der Waals surface area contributed by atoms with Gasteiger partial charge in [-0.15, -0.1) is 0 Å². The van der Waals surface area contributed by atoms with Gasteiger partial charge in [-0.3, -0.25) is 0 Å². The minimum absolute atomic E-state index is 0.0869. The van der Waals surface area contributed by atoms with Gasteiger partial charge in [0.2, 0.25) is 0 Å². The maximum absolute atomic E-state index is 6.29. The van der Waals surface area contributed by atoms with Crippen LogP contribution in [0.2, 0.25) is 10.0 Å². The summed E-state index contributed by atoms with van der Waals surface area (Å²) in [5, 5.41) is 1.30. The van der Waals surface area contributed by atoms with Crippen LogP contribution in [0.4, 0.5) is 0 Å². The van der Waals surface area contributed by atoms with Crippen LogP contribution >= 0.6 is 39.1 Å². The van der Waals surface area contributed by atoms with Crippen LogP contribution in [0.3, 0.4) is 0 Å². The molecule has 0 spiro atoms. The second-order valence-electron chi connectivity index (χ2n) is 4.55. The van der Waals surface area contributed by atoms with Crippen LogP contribution < -0.4 is 5.73 Å². The molecule has 0 fully saturated rings. The molecule has 4 heteroatoms. The van der Waals surface area contributed by atoms with Crippen molar-refractivity contribution in [3.8, 4) is 0 Å². The van der Waals surface area contributed by atoms with Gasteiger partial charge in [-0.2, -0.15) is 0 Å². The number of benzene rings is 2. The fourth-order valence-electron chi connectivity index (χ4n) is 2.04. The van der Waals surface area contributed by atoms with Gasteiger partial charge in [0.1, 0.15) is 0 Å². The van der Waals surface area contributed by atoms with E-state index in [0.29, 0.717) is 16.5 Å².